The molecule has 0 amide bonds. The van der Waals surface area contributed by atoms with Crippen LogP contribution in [0.15, 0.2) is 36.9 Å². The summed E-state index contributed by atoms with van der Waals surface area (Å²) in [6.07, 6.45) is 7.84. The Kier molecular flexibility index (Phi) is 5.69. The van der Waals surface area contributed by atoms with Crippen LogP contribution < -0.4 is 10.1 Å². The SMILES string of the molecule is CC(CCn1cncn1)Nc1ccc(OC2CCCCC2O)cc1. The van der Waals surface area contributed by atoms with Gasteiger partial charge in [-0.3, -0.25) is 4.68 Å². The minimum atomic E-state index is -0.339. The summed E-state index contributed by atoms with van der Waals surface area (Å²) >= 11 is 0. The van der Waals surface area contributed by atoms with Gasteiger partial charge in [0, 0.05) is 18.3 Å². The lowest BCUT2D eigenvalue weighted by atomic mass is 9.95. The third kappa shape index (κ3) is 4.71. The van der Waals surface area contributed by atoms with Crippen molar-refractivity contribution in [3.63, 3.8) is 0 Å². The summed E-state index contributed by atoms with van der Waals surface area (Å²) in [6, 6.07) is 8.32. The second-order valence-corrected chi connectivity index (χ2v) is 6.53. The molecule has 3 atom stereocenters. The van der Waals surface area contributed by atoms with Gasteiger partial charge in [-0.05, 0) is 56.9 Å². The maximum atomic E-state index is 9.99. The molecule has 1 heterocycles. The van der Waals surface area contributed by atoms with Gasteiger partial charge >= 0.3 is 0 Å². The fraction of sp³-hybridized carbons (Fsp3) is 0.556. The highest BCUT2D eigenvalue weighted by atomic mass is 16.5. The van der Waals surface area contributed by atoms with Crippen molar-refractivity contribution < 1.29 is 9.84 Å². The highest BCUT2D eigenvalue weighted by Gasteiger charge is 2.24. The predicted octanol–water partition coefficient (Wildman–Crippen LogP) is 2.85. The van der Waals surface area contributed by atoms with Crippen molar-refractivity contribution in [1.82, 2.24) is 14.8 Å². The molecule has 1 aromatic heterocycles. The van der Waals surface area contributed by atoms with Gasteiger partial charge in [0.2, 0.25) is 0 Å². The Balaban J connectivity index is 1.47. The molecule has 0 saturated heterocycles. The maximum Gasteiger partial charge on any atom is 0.137 e. The van der Waals surface area contributed by atoms with Gasteiger partial charge < -0.3 is 15.2 Å². The van der Waals surface area contributed by atoms with Crippen molar-refractivity contribution in [1.29, 1.82) is 0 Å². The Morgan fingerprint density at radius 2 is 2.08 bits per heavy atom. The summed E-state index contributed by atoms with van der Waals surface area (Å²) in [5, 5.41) is 17.6. The second kappa shape index (κ2) is 8.15. The highest BCUT2D eigenvalue weighted by molar-refractivity contribution is 5.47. The van der Waals surface area contributed by atoms with Crippen LogP contribution in [-0.2, 0) is 6.54 Å². The zero-order valence-corrected chi connectivity index (χ0v) is 14.1. The number of ether oxygens (including phenoxy) is 1. The smallest absolute Gasteiger partial charge is 0.137 e. The molecule has 3 unspecified atom stereocenters. The quantitative estimate of drug-likeness (QED) is 0.817. The molecule has 2 aromatic rings. The number of hydrogen-bond acceptors (Lipinski definition) is 5. The number of benzene rings is 1. The van der Waals surface area contributed by atoms with Crippen LogP contribution in [0.25, 0.3) is 0 Å². The highest BCUT2D eigenvalue weighted by Crippen LogP contribution is 2.25. The van der Waals surface area contributed by atoms with Crippen molar-refractivity contribution >= 4 is 5.69 Å². The molecule has 1 fully saturated rings. The van der Waals surface area contributed by atoms with E-state index in [1.807, 2.05) is 28.9 Å². The van der Waals surface area contributed by atoms with Gasteiger partial charge in [-0.2, -0.15) is 5.10 Å². The van der Waals surface area contributed by atoms with E-state index in [-0.39, 0.29) is 12.2 Å². The molecule has 1 aliphatic rings. The first kappa shape index (κ1) is 16.8. The zero-order chi connectivity index (χ0) is 16.8. The number of nitrogens with zero attached hydrogens (tertiary/aromatic N) is 3. The van der Waals surface area contributed by atoms with E-state index in [4.69, 9.17) is 4.74 Å². The molecule has 1 aromatic carbocycles. The van der Waals surface area contributed by atoms with Crippen molar-refractivity contribution in [3.8, 4) is 5.75 Å². The monoisotopic (exact) mass is 330 g/mol. The van der Waals surface area contributed by atoms with Crippen molar-refractivity contribution in [2.75, 3.05) is 5.32 Å². The van der Waals surface area contributed by atoms with Crippen LogP contribution in [0.4, 0.5) is 5.69 Å². The van der Waals surface area contributed by atoms with Gasteiger partial charge in [0.25, 0.3) is 0 Å². The summed E-state index contributed by atoms with van der Waals surface area (Å²) in [5.41, 5.74) is 1.07. The molecule has 0 radical (unpaired) electrons. The number of hydrogen-bond donors (Lipinski definition) is 2. The van der Waals surface area contributed by atoms with E-state index in [9.17, 15) is 5.11 Å². The molecular weight excluding hydrogens is 304 g/mol. The Labute approximate surface area is 142 Å². The molecule has 0 spiro atoms. The molecule has 6 heteroatoms. The van der Waals surface area contributed by atoms with Crippen LogP contribution in [0.3, 0.4) is 0 Å². The number of aryl methyl sites for hydroxylation is 1. The minimum Gasteiger partial charge on any atom is -0.488 e. The first-order chi connectivity index (χ1) is 11.7. The number of aliphatic hydroxyl groups is 1. The van der Waals surface area contributed by atoms with E-state index in [1.165, 1.54) is 0 Å². The first-order valence-electron chi connectivity index (χ1n) is 8.74. The molecule has 6 nitrogen and oxygen atoms in total. The van der Waals surface area contributed by atoms with Crippen LogP contribution >= 0.6 is 0 Å². The van der Waals surface area contributed by atoms with Crippen molar-refractivity contribution in [2.45, 2.75) is 63.8 Å². The third-order valence-electron chi connectivity index (χ3n) is 4.48. The largest absolute Gasteiger partial charge is 0.488 e. The molecule has 2 N–H and O–H groups in total. The van der Waals surface area contributed by atoms with Crippen molar-refractivity contribution in [3.05, 3.63) is 36.9 Å². The molecular formula is C18H26N4O2. The second-order valence-electron chi connectivity index (χ2n) is 6.53. The average Bonchev–Trinajstić information content (AvgIpc) is 3.10. The van der Waals surface area contributed by atoms with Crippen molar-refractivity contribution in [2.24, 2.45) is 0 Å². The molecule has 0 bridgehead atoms. The fourth-order valence-corrected chi connectivity index (χ4v) is 3.05. The lowest BCUT2D eigenvalue weighted by Crippen LogP contribution is -2.34. The van der Waals surface area contributed by atoms with Crippen LogP contribution in [0, 0.1) is 0 Å². The topological polar surface area (TPSA) is 72.2 Å². The molecule has 1 saturated carbocycles. The Morgan fingerprint density at radius 1 is 1.29 bits per heavy atom. The molecule has 3 rings (SSSR count). The van der Waals surface area contributed by atoms with Crippen LogP contribution in [-0.4, -0.2) is 38.1 Å². The van der Waals surface area contributed by atoms with Gasteiger partial charge in [0.05, 0.1) is 6.10 Å². The lowest BCUT2D eigenvalue weighted by Gasteiger charge is -2.28. The number of aromatic nitrogens is 3. The predicted molar refractivity (Wildman–Crippen MR) is 93.1 cm³/mol. The minimum absolute atomic E-state index is 0.0702. The summed E-state index contributed by atoms with van der Waals surface area (Å²) in [4.78, 5) is 3.95. The number of rotatable bonds is 7. The van der Waals surface area contributed by atoms with Crippen LogP contribution in [0.1, 0.15) is 39.0 Å². The third-order valence-corrected chi connectivity index (χ3v) is 4.48. The van der Waals surface area contributed by atoms with Gasteiger partial charge in [0.15, 0.2) is 0 Å². The van der Waals surface area contributed by atoms with Gasteiger partial charge in [0.1, 0.15) is 24.5 Å². The average molecular weight is 330 g/mol. The van der Waals surface area contributed by atoms with E-state index in [0.29, 0.717) is 6.04 Å². The number of aliphatic hydroxyl groups excluding tert-OH is 1. The lowest BCUT2D eigenvalue weighted by molar-refractivity contribution is 0.00688. The van der Waals surface area contributed by atoms with E-state index in [0.717, 1.165) is 50.1 Å². The molecule has 1 aliphatic carbocycles. The molecule has 130 valence electrons. The maximum absolute atomic E-state index is 9.99. The van der Waals surface area contributed by atoms with E-state index < -0.39 is 0 Å². The van der Waals surface area contributed by atoms with E-state index in [2.05, 4.69) is 22.3 Å². The zero-order valence-electron chi connectivity index (χ0n) is 14.1. The molecule has 0 aliphatic heterocycles. The fourth-order valence-electron chi connectivity index (χ4n) is 3.05. The van der Waals surface area contributed by atoms with Gasteiger partial charge in [-0.25, -0.2) is 4.98 Å². The number of nitrogens with one attached hydrogen (secondary N) is 1. The van der Waals surface area contributed by atoms with Gasteiger partial charge in [-0.15, -0.1) is 0 Å². The Hall–Kier alpha value is -2.08. The summed E-state index contributed by atoms with van der Waals surface area (Å²) in [5.74, 6) is 0.821. The van der Waals surface area contributed by atoms with E-state index >= 15 is 0 Å². The van der Waals surface area contributed by atoms with Crippen LogP contribution in [0.5, 0.6) is 5.75 Å². The summed E-state index contributed by atoms with van der Waals surface area (Å²) in [7, 11) is 0. The van der Waals surface area contributed by atoms with Crippen LogP contribution in [0.2, 0.25) is 0 Å². The first-order valence-corrected chi connectivity index (χ1v) is 8.74. The molecule has 24 heavy (non-hydrogen) atoms. The number of anilines is 1. The normalized spacial score (nSPS) is 22.1. The summed E-state index contributed by atoms with van der Waals surface area (Å²) < 4.78 is 7.77. The Morgan fingerprint density at radius 3 is 2.79 bits per heavy atom. The summed E-state index contributed by atoms with van der Waals surface area (Å²) in [6.45, 7) is 2.99. The standard InChI is InChI=1S/C18H26N4O2/c1-14(10-11-22-13-19-12-20-22)21-15-6-8-16(9-7-15)24-18-5-3-2-4-17(18)23/h6-9,12-14,17-18,21,23H,2-5,10-11H2,1H3. The Bertz CT molecular complexity index is 600. The van der Waals surface area contributed by atoms with E-state index in [1.54, 1.807) is 12.7 Å². The van der Waals surface area contributed by atoms with Gasteiger partial charge in [-0.1, -0.05) is 6.42 Å².